The maximum atomic E-state index is 9.25. The van der Waals surface area contributed by atoms with Crippen molar-refractivity contribution in [2.75, 3.05) is 0 Å². The molecule has 0 saturated heterocycles. The van der Waals surface area contributed by atoms with Crippen molar-refractivity contribution in [1.82, 2.24) is 0 Å². The fourth-order valence-corrected chi connectivity index (χ4v) is 0.385. The molecular weight excluding hydrogens is 156 g/mol. The predicted molar refractivity (Wildman–Crippen MR) is 47.9 cm³/mol. The Bertz CT molecular complexity index is 180. The van der Waals surface area contributed by atoms with Crippen molar-refractivity contribution < 1.29 is 15.4 Å². The summed E-state index contributed by atoms with van der Waals surface area (Å²) in [6.45, 7) is 2.96. The molecule has 0 unspecified atom stereocenters. The second kappa shape index (κ2) is 9.39. The Morgan fingerprint density at radius 3 is 1.33 bits per heavy atom. The lowest BCUT2D eigenvalue weighted by molar-refractivity contribution is -0.131. The first-order valence-corrected chi connectivity index (χ1v) is 3.12. The Morgan fingerprint density at radius 2 is 1.25 bits per heavy atom. The Hall–Kier alpha value is -1.61. The van der Waals surface area contributed by atoms with E-state index in [1.54, 1.807) is 0 Å². The fraction of sp³-hybridized carbons (Fsp3) is 0. The van der Waals surface area contributed by atoms with Crippen LogP contribution >= 0.6 is 0 Å². The number of rotatable bonds is 1. The topological polar surface area (TPSA) is 68.8 Å². The van der Waals surface area contributed by atoms with Crippen molar-refractivity contribution in [3.05, 3.63) is 49.1 Å². The minimum Gasteiger partial charge on any atom is -0.478 e. The highest BCUT2D eigenvalue weighted by Gasteiger charge is 1.73. The molecule has 0 heterocycles. The number of hydrogen-bond donors (Lipinski definition) is 1. The van der Waals surface area contributed by atoms with Gasteiger partial charge in [0.05, 0.1) is 0 Å². The highest BCUT2D eigenvalue weighted by atomic mass is 16.4. The molecule has 12 heavy (non-hydrogen) atoms. The summed E-state index contributed by atoms with van der Waals surface area (Å²) >= 11 is 0. The molecule has 3 N–H and O–H groups in total. The summed E-state index contributed by atoms with van der Waals surface area (Å²) in [7, 11) is 0. The van der Waals surface area contributed by atoms with Crippen molar-refractivity contribution in [2.45, 2.75) is 0 Å². The van der Waals surface area contributed by atoms with Crippen LogP contribution in [0.2, 0.25) is 0 Å². The van der Waals surface area contributed by atoms with E-state index >= 15 is 0 Å². The summed E-state index contributed by atoms with van der Waals surface area (Å²) in [5.41, 5.74) is 0. The number of benzene rings is 1. The quantitative estimate of drug-likeness (QED) is 0.638. The number of carbonyl (C=O) groups is 1. The zero-order chi connectivity index (χ0) is 8.53. The number of aliphatic carboxylic acids is 1. The van der Waals surface area contributed by atoms with Crippen molar-refractivity contribution in [3.63, 3.8) is 0 Å². The van der Waals surface area contributed by atoms with Crippen LogP contribution in [-0.2, 0) is 4.79 Å². The van der Waals surface area contributed by atoms with Gasteiger partial charge >= 0.3 is 5.97 Å². The maximum absolute atomic E-state index is 9.25. The molecular formula is C9H12O3. The largest absolute Gasteiger partial charge is 0.478 e. The highest BCUT2D eigenvalue weighted by Crippen LogP contribution is 1.79. The van der Waals surface area contributed by atoms with Gasteiger partial charge in [0.1, 0.15) is 0 Å². The molecule has 0 saturated carbocycles. The third kappa shape index (κ3) is 11.2. The average Bonchev–Trinajstić information content (AvgIpc) is 2.09. The molecule has 1 aromatic carbocycles. The van der Waals surface area contributed by atoms with Gasteiger partial charge in [-0.1, -0.05) is 43.0 Å². The molecule has 0 aliphatic heterocycles. The minimum atomic E-state index is -0.981. The maximum Gasteiger partial charge on any atom is 0.327 e. The summed E-state index contributed by atoms with van der Waals surface area (Å²) in [6, 6.07) is 12.0. The molecule has 0 atom stereocenters. The lowest BCUT2D eigenvalue weighted by Gasteiger charge is -1.69. The number of carboxylic acid groups (broad SMARTS) is 1. The average molecular weight is 168 g/mol. The van der Waals surface area contributed by atoms with E-state index in [1.807, 2.05) is 36.4 Å². The van der Waals surface area contributed by atoms with Crippen molar-refractivity contribution in [2.24, 2.45) is 0 Å². The molecule has 0 aliphatic rings. The van der Waals surface area contributed by atoms with E-state index in [0.29, 0.717) is 0 Å². The Morgan fingerprint density at radius 1 is 1.08 bits per heavy atom. The molecule has 0 radical (unpaired) electrons. The normalized spacial score (nSPS) is 6.67. The smallest absolute Gasteiger partial charge is 0.327 e. The van der Waals surface area contributed by atoms with Gasteiger partial charge in [-0.2, -0.15) is 0 Å². The van der Waals surface area contributed by atoms with Crippen molar-refractivity contribution in [1.29, 1.82) is 0 Å². The van der Waals surface area contributed by atoms with E-state index in [1.165, 1.54) is 0 Å². The van der Waals surface area contributed by atoms with Crippen molar-refractivity contribution >= 4 is 5.97 Å². The van der Waals surface area contributed by atoms with E-state index in [-0.39, 0.29) is 5.48 Å². The van der Waals surface area contributed by atoms with Gasteiger partial charge in [-0.05, 0) is 0 Å². The molecule has 66 valence electrons. The van der Waals surface area contributed by atoms with Gasteiger partial charge in [-0.3, -0.25) is 0 Å². The van der Waals surface area contributed by atoms with Crippen LogP contribution in [0.3, 0.4) is 0 Å². The molecule has 3 nitrogen and oxygen atoms in total. The third-order valence-corrected chi connectivity index (χ3v) is 0.841. The van der Waals surface area contributed by atoms with Gasteiger partial charge < -0.3 is 10.6 Å². The first-order valence-electron chi connectivity index (χ1n) is 3.12. The molecule has 1 rings (SSSR count). The van der Waals surface area contributed by atoms with Gasteiger partial charge in [0.25, 0.3) is 0 Å². The Balaban J connectivity index is 0. The summed E-state index contributed by atoms with van der Waals surface area (Å²) in [5, 5.41) is 7.60. The first kappa shape index (κ1) is 13.0. The molecule has 3 heteroatoms. The van der Waals surface area contributed by atoms with Gasteiger partial charge in [0.15, 0.2) is 0 Å². The lowest BCUT2D eigenvalue weighted by Crippen LogP contribution is -1.82. The van der Waals surface area contributed by atoms with Gasteiger partial charge in [0, 0.05) is 6.08 Å². The lowest BCUT2D eigenvalue weighted by atomic mass is 10.4. The Labute approximate surface area is 71.3 Å². The zero-order valence-electron chi connectivity index (χ0n) is 6.60. The SMILES string of the molecule is C=CC(=O)O.O.c1ccccc1. The van der Waals surface area contributed by atoms with Gasteiger partial charge in [-0.15, -0.1) is 0 Å². The second-order valence-electron chi connectivity index (χ2n) is 1.70. The van der Waals surface area contributed by atoms with Crippen molar-refractivity contribution in [3.8, 4) is 0 Å². The number of carboxylic acids is 1. The summed E-state index contributed by atoms with van der Waals surface area (Å²) in [4.78, 5) is 9.25. The van der Waals surface area contributed by atoms with E-state index in [0.717, 1.165) is 6.08 Å². The summed E-state index contributed by atoms with van der Waals surface area (Å²) in [5.74, 6) is -0.981. The molecule has 0 aromatic heterocycles. The number of hydrogen-bond acceptors (Lipinski definition) is 1. The van der Waals surface area contributed by atoms with E-state index in [9.17, 15) is 4.79 Å². The van der Waals surface area contributed by atoms with Crippen LogP contribution in [0.5, 0.6) is 0 Å². The van der Waals surface area contributed by atoms with Crippen LogP contribution in [0.25, 0.3) is 0 Å². The molecule has 0 fully saturated rings. The first-order chi connectivity index (χ1) is 5.27. The van der Waals surface area contributed by atoms with Crippen LogP contribution in [0.1, 0.15) is 0 Å². The van der Waals surface area contributed by atoms with Crippen LogP contribution in [0.15, 0.2) is 49.1 Å². The minimum absolute atomic E-state index is 0. The summed E-state index contributed by atoms with van der Waals surface area (Å²) in [6.07, 6.45) is 0.833. The van der Waals surface area contributed by atoms with Crippen LogP contribution < -0.4 is 0 Å². The molecule has 0 spiro atoms. The van der Waals surface area contributed by atoms with E-state index in [4.69, 9.17) is 5.11 Å². The van der Waals surface area contributed by atoms with Gasteiger partial charge in [-0.25, -0.2) is 4.79 Å². The van der Waals surface area contributed by atoms with E-state index in [2.05, 4.69) is 6.58 Å². The van der Waals surface area contributed by atoms with E-state index < -0.39 is 5.97 Å². The van der Waals surface area contributed by atoms with Crippen LogP contribution in [0, 0.1) is 0 Å². The standard InChI is InChI=1S/C6H6.C3H4O2.H2O/c1-2-4-6-5-3-1;1-2-3(4)5;/h1-6H;2H,1H2,(H,4,5);1H2. The third-order valence-electron chi connectivity index (χ3n) is 0.841. The van der Waals surface area contributed by atoms with Crippen LogP contribution in [-0.4, -0.2) is 16.6 Å². The Kier molecular flexibility index (Phi) is 10.2. The summed E-state index contributed by atoms with van der Waals surface area (Å²) < 4.78 is 0. The van der Waals surface area contributed by atoms with Gasteiger partial charge in [0.2, 0.25) is 0 Å². The molecule has 1 aromatic rings. The highest BCUT2D eigenvalue weighted by molar-refractivity contribution is 5.78. The molecule has 0 aliphatic carbocycles. The van der Waals surface area contributed by atoms with Crippen LogP contribution in [0.4, 0.5) is 0 Å². The monoisotopic (exact) mass is 168 g/mol. The second-order valence-corrected chi connectivity index (χ2v) is 1.70. The zero-order valence-corrected chi connectivity index (χ0v) is 6.60. The predicted octanol–water partition coefficient (Wildman–Crippen LogP) is 1.12. The molecule has 0 bridgehead atoms. The fourth-order valence-electron chi connectivity index (χ4n) is 0.385. The molecule has 0 amide bonds.